The van der Waals surface area contributed by atoms with Crippen LogP contribution in [0.15, 0.2) is 77.6 Å². The highest BCUT2D eigenvalue weighted by Gasteiger charge is 2.17. The molecule has 5 rings (SSSR count). The minimum atomic E-state index is 0.601. The van der Waals surface area contributed by atoms with Crippen molar-refractivity contribution in [2.75, 3.05) is 14.2 Å². The van der Waals surface area contributed by atoms with E-state index in [0.29, 0.717) is 5.88 Å². The number of thiophene rings is 1. The molecule has 5 aromatic rings. The standard InChI is InChI=1S/C28H22N2O2S/c1-30-26-12-7-21(22-8-13-27(32-3)29-17-22)16-25(26)24(11-4-19-14-15-33-18-19)28(30)20-5-9-23(31-2)10-6-20/h5-10,12-18H,1-3H3. The highest BCUT2D eigenvalue weighted by atomic mass is 32.1. The van der Waals surface area contributed by atoms with Crippen molar-refractivity contribution in [1.29, 1.82) is 0 Å². The average Bonchev–Trinajstić information content (AvgIpc) is 3.49. The number of hydrogen-bond acceptors (Lipinski definition) is 4. The zero-order valence-corrected chi connectivity index (χ0v) is 19.4. The zero-order chi connectivity index (χ0) is 22.8. The fourth-order valence-electron chi connectivity index (χ4n) is 3.98. The van der Waals surface area contributed by atoms with E-state index in [1.807, 2.05) is 41.9 Å². The number of fused-ring (bicyclic) bond motifs is 1. The monoisotopic (exact) mass is 450 g/mol. The molecule has 4 nitrogen and oxygen atoms in total. The first-order valence-corrected chi connectivity index (χ1v) is 11.4. The Morgan fingerprint density at radius 1 is 0.848 bits per heavy atom. The predicted octanol–water partition coefficient (Wildman–Crippen LogP) is 6.39. The largest absolute Gasteiger partial charge is 0.497 e. The first-order valence-electron chi connectivity index (χ1n) is 10.5. The molecule has 0 fully saturated rings. The molecule has 0 aliphatic rings. The molecular formula is C28H22N2O2S. The van der Waals surface area contributed by atoms with Crippen LogP contribution in [-0.2, 0) is 7.05 Å². The van der Waals surface area contributed by atoms with Gasteiger partial charge in [-0.2, -0.15) is 11.3 Å². The quantitative estimate of drug-likeness (QED) is 0.298. The Bertz CT molecular complexity index is 1470. The van der Waals surface area contributed by atoms with Crippen LogP contribution >= 0.6 is 11.3 Å². The van der Waals surface area contributed by atoms with Gasteiger partial charge in [0.1, 0.15) is 5.75 Å². The van der Waals surface area contributed by atoms with Crippen LogP contribution in [0.4, 0.5) is 0 Å². The maximum atomic E-state index is 5.35. The Morgan fingerprint density at radius 2 is 1.64 bits per heavy atom. The van der Waals surface area contributed by atoms with E-state index < -0.39 is 0 Å². The summed E-state index contributed by atoms with van der Waals surface area (Å²) in [5, 5.41) is 5.23. The molecule has 0 amide bonds. The summed E-state index contributed by atoms with van der Waals surface area (Å²) in [4.78, 5) is 4.37. The molecule has 0 N–H and O–H groups in total. The van der Waals surface area contributed by atoms with Crippen LogP contribution in [0.5, 0.6) is 11.6 Å². The third kappa shape index (κ3) is 3.97. The van der Waals surface area contributed by atoms with E-state index in [4.69, 9.17) is 9.47 Å². The Kier molecular flexibility index (Phi) is 5.60. The normalized spacial score (nSPS) is 10.6. The van der Waals surface area contributed by atoms with Crippen molar-refractivity contribution in [3.63, 3.8) is 0 Å². The third-order valence-corrected chi connectivity index (χ3v) is 6.38. The summed E-state index contributed by atoms with van der Waals surface area (Å²) < 4.78 is 12.8. The van der Waals surface area contributed by atoms with Crippen molar-refractivity contribution in [2.24, 2.45) is 7.05 Å². The van der Waals surface area contributed by atoms with Crippen molar-refractivity contribution in [1.82, 2.24) is 9.55 Å². The molecule has 0 radical (unpaired) electrons. The number of benzene rings is 2. The predicted molar refractivity (Wildman–Crippen MR) is 135 cm³/mol. The first-order chi connectivity index (χ1) is 16.2. The number of ether oxygens (including phenoxy) is 2. The van der Waals surface area contributed by atoms with Crippen LogP contribution in [-0.4, -0.2) is 23.8 Å². The van der Waals surface area contributed by atoms with Gasteiger partial charge in [-0.05, 0) is 65.0 Å². The van der Waals surface area contributed by atoms with E-state index in [1.165, 1.54) is 0 Å². The van der Waals surface area contributed by atoms with Crippen LogP contribution in [0.25, 0.3) is 33.3 Å². The van der Waals surface area contributed by atoms with E-state index in [1.54, 1.807) is 25.6 Å². The summed E-state index contributed by atoms with van der Waals surface area (Å²) in [7, 11) is 5.39. The SMILES string of the molecule is COc1ccc(-c2c(C#Cc3ccsc3)c3cc(-c4ccc(OC)nc4)ccc3n2C)cc1. The summed E-state index contributed by atoms with van der Waals surface area (Å²) in [6, 6.07) is 20.6. The molecule has 5 heteroatoms. The molecule has 0 aliphatic heterocycles. The van der Waals surface area contributed by atoms with Crippen LogP contribution in [0.2, 0.25) is 0 Å². The maximum Gasteiger partial charge on any atom is 0.212 e. The molecule has 3 heterocycles. The second-order valence-corrected chi connectivity index (χ2v) is 8.37. The van der Waals surface area contributed by atoms with Crippen molar-refractivity contribution < 1.29 is 9.47 Å². The minimum absolute atomic E-state index is 0.601. The highest BCUT2D eigenvalue weighted by molar-refractivity contribution is 7.08. The summed E-state index contributed by atoms with van der Waals surface area (Å²) in [6.07, 6.45) is 1.84. The Morgan fingerprint density at radius 3 is 2.30 bits per heavy atom. The van der Waals surface area contributed by atoms with Crippen LogP contribution in [0.1, 0.15) is 11.1 Å². The van der Waals surface area contributed by atoms with Gasteiger partial charge in [-0.1, -0.05) is 17.9 Å². The second-order valence-electron chi connectivity index (χ2n) is 7.59. The number of pyridine rings is 1. The molecule has 0 bridgehead atoms. The molecule has 0 atom stereocenters. The summed E-state index contributed by atoms with van der Waals surface area (Å²) in [6.45, 7) is 0. The van der Waals surface area contributed by atoms with Gasteiger partial charge in [0.05, 0.1) is 25.5 Å². The van der Waals surface area contributed by atoms with E-state index in [2.05, 4.69) is 64.2 Å². The minimum Gasteiger partial charge on any atom is -0.497 e. The number of aryl methyl sites for hydroxylation is 1. The molecule has 2 aromatic carbocycles. The van der Waals surface area contributed by atoms with Gasteiger partial charge in [0.2, 0.25) is 5.88 Å². The number of methoxy groups -OCH3 is 2. The molecule has 3 aromatic heterocycles. The number of aromatic nitrogens is 2. The van der Waals surface area contributed by atoms with Gasteiger partial charge in [-0.3, -0.25) is 0 Å². The van der Waals surface area contributed by atoms with Crippen molar-refractivity contribution in [2.45, 2.75) is 0 Å². The van der Waals surface area contributed by atoms with Gasteiger partial charge in [0, 0.05) is 46.7 Å². The molecular weight excluding hydrogens is 428 g/mol. The number of hydrogen-bond donors (Lipinski definition) is 0. The molecule has 0 saturated carbocycles. The van der Waals surface area contributed by atoms with E-state index >= 15 is 0 Å². The topological polar surface area (TPSA) is 36.3 Å². The molecule has 0 saturated heterocycles. The first kappa shape index (κ1) is 20.9. The fourth-order valence-corrected chi connectivity index (χ4v) is 4.57. The smallest absolute Gasteiger partial charge is 0.212 e. The van der Waals surface area contributed by atoms with Crippen molar-refractivity contribution in [3.05, 3.63) is 88.7 Å². The molecule has 0 spiro atoms. The van der Waals surface area contributed by atoms with Crippen molar-refractivity contribution >= 4 is 22.2 Å². The molecule has 0 unspecified atom stereocenters. The van der Waals surface area contributed by atoms with E-state index in [0.717, 1.165) is 50.2 Å². The van der Waals surface area contributed by atoms with Crippen LogP contribution in [0.3, 0.4) is 0 Å². The lowest BCUT2D eigenvalue weighted by Gasteiger charge is -2.07. The lowest BCUT2D eigenvalue weighted by atomic mass is 10.0. The average molecular weight is 451 g/mol. The fraction of sp³-hybridized carbons (Fsp3) is 0.107. The Hall–Kier alpha value is -4.01. The molecule has 0 aliphatic carbocycles. The summed E-state index contributed by atoms with van der Waals surface area (Å²) in [5.74, 6) is 8.25. The molecule has 162 valence electrons. The van der Waals surface area contributed by atoms with E-state index in [-0.39, 0.29) is 0 Å². The zero-order valence-electron chi connectivity index (χ0n) is 18.6. The van der Waals surface area contributed by atoms with Gasteiger partial charge >= 0.3 is 0 Å². The third-order valence-electron chi connectivity index (χ3n) is 5.69. The van der Waals surface area contributed by atoms with E-state index in [9.17, 15) is 0 Å². The van der Waals surface area contributed by atoms with Crippen LogP contribution in [0, 0.1) is 11.8 Å². The lowest BCUT2D eigenvalue weighted by Crippen LogP contribution is -1.93. The summed E-state index contributed by atoms with van der Waals surface area (Å²) >= 11 is 1.65. The number of nitrogens with zero attached hydrogens (tertiary/aromatic N) is 2. The number of rotatable bonds is 4. The van der Waals surface area contributed by atoms with Crippen LogP contribution < -0.4 is 9.47 Å². The van der Waals surface area contributed by atoms with Gasteiger partial charge in [0.15, 0.2) is 0 Å². The van der Waals surface area contributed by atoms with Gasteiger partial charge in [0.25, 0.3) is 0 Å². The summed E-state index contributed by atoms with van der Waals surface area (Å²) in [5.41, 5.74) is 7.45. The Balaban J connectivity index is 1.72. The molecule has 33 heavy (non-hydrogen) atoms. The van der Waals surface area contributed by atoms with Gasteiger partial charge < -0.3 is 14.0 Å². The maximum absolute atomic E-state index is 5.35. The lowest BCUT2D eigenvalue weighted by molar-refractivity contribution is 0.398. The highest BCUT2D eigenvalue weighted by Crippen LogP contribution is 2.36. The Labute approximate surface area is 197 Å². The van der Waals surface area contributed by atoms with Gasteiger partial charge in [-0.25, -0.2) is 4.98 Å². The van der Waals surface area contributed by atoms with Crippen molar-refractivity contribution in [3.8, 4) is 45.9 Å². The second kappa shape index (κ2) is 8.85. The van der Waals surface area contributed by atoms with Gasteiger partial charge in [-0.15, -0.1) is 0 Å².